The molecule has 0 aliphatic rings. The highest BCUT2D eigenvalue weighted by Crippen LogP contribution is 2.26. The van der Waals surface area contributed by atoms with E-state index < -0.39 is 0 Å². The van der Waals surface area contributed by atoms with Crippen LogP contribution in [0.25, 0.3) is 4.85 Å². The molecule has 0 aliphatic heterocycles. The second-order valence-electron chi connectivity index (χ2n) is 5.39. The van der Waals surface area contributed by atoms with Crippen LogP contribution in [0.4, 0.5) is 0 Å². The standard InChI is InChI=1S/C12H23N/c1-10(11(2)9-13-6)7-8-12(3,4)5/h10-11H,7-9H2,1-5H3/t10?,11-/m0/s1. The minimum Gasteiger partial charge on any atom is -0.317 e. The van der Waals surface area contributed by atoms with Gasteiger partial charge >= 0.3 is 0 Å². The summed E-state index contributed by atoms with van der Waals surface area (Å²) in [5, 5.41) is 0. The van der Waals surface area contributed by atoms with Crippen LogP contribution in [0.5, 0.6) is 0 Å². The van der Waals surface area contributed by atoms with Crippen LogP contribution < -0.4 is 0 Å². The Morgan fingerprint density at radius 1 is 1.15 bits per heavy atom. The summed E-state index contributed by atoms with van der Waals surface area (Å²) in [5.41, 5.74) is 0.437. The lowest BCUT2D eigenvalue weighted by molar-refractivity contribution is 0.292. The van der Waals surface area contributed by atoms with Crippen molar-refractivity contribution >= 4 is 0 Å². The Morgan fingerprint density at radius 2 is 1.69 bits per heavy atom. The maximum atomic E-state index is 6.81. The molecule has 0 saturated heterocycles. The summed E-state index contributed by atoms with van der Waals surface area (Å²) in [6, 6.07) is 0. The molecule has 0 N–H and O–H groups in total. The van der Waals surface area contributed by atoms with E-state index in [1.54, 1.807) is 0 Å². The van der Waals surface area contributed by atoms with Gasteiger partial charge in [0.15, 0.2) is 0 Å². The van der Waals surface area contributed by atoms with Gasteiger partial charge < -0.3 is 4.85 Å². The minimum atomic E-state index is 0.437. The molecule has 76 valence electrons. The Morgan fingerprint density at radius 3 is 2.08 bits per heavy atom. The van der Waals surface area contributed by atoms with Gasteiger partial charge in [-0.1, -0.05) is 34.6 Å². The predicted octanol–water partition coefficient (Wildman–Crippen LogP) is 4.00. The van der Waals surface area contributed by atoms with Crippen molar-refractivity contribution in [3.63, 3.8) is 0 Å². The zero-order chi connectivity index (χ0) is 10.5. The highest BCUT2D eigenvalue weighted by molar-refractivity contribution is 4.73. The molecular weight excluding hydrogens is 158 g/mol. The van der Waals surface area contributed by atoms with Crippen LogP contribution in [0.2, 0.25) is 0 Å². The summed E-state index contributed by atoms with van der Waals surface area (Å²) in [7, 11) is 0. The van der Waals surface area contributed by atoms with Gasteiger partial charge in [-0.2, -0.15) is 0 Å². The molecule has 0 aromatic heterocycles. The molecule has 0 fully saturated rings. The summed E-state index contributed by atoms with van der Waals surface area (Å²) >= 11 is 0. The predicted molar refractivity (Wildman–Crippen MR) is 58.5 cm³/mol. The number of hydrogen-bond donors (Lipinski definition) is 0. The van der Waals surface area contributed by atoms with Crippen molar-refractivity contribution in [1.29, 1.82) is 0 Å². The summed E-state index contributed by atoms with van der Waals surface area (Å²) in [5.74, 6) is 1.24. The number of nitrogens with zero attached hydrogens (tertiary/aromatic N) is 1. The van der Waals surface area contributed by atoms with Gasteiger partial charge in [0.25, 0.3) is 0 Å². The molecule has 0 spiro atoms. The van der Waals surface area contributed by atoms with E-state index in [4.69, 9.17) is 6.57 Å². The quantitative estimate of drug-likeness (QED) is 0.577. The second-order valence-corrected chi connectivity index (χ2v) is 5.39. The monoisotopic (exact) mass is 181 g/mol. The molecule has 0 radical (unpaired) electrons. The zero-order valence-corrected chi connectivity index (χ0v) is 9.72. The fourth-order valence-electron chi connectivity index (χ4n) is 1.27. The normalized spacial score (nSPS) is 16.3. The molecule has 13 heavy (non-hydrogen) atoms. The summed E-state index contributed by atoms with van der Waals surface area (Å²) < 4.78 is 0. The van der Waals surface area contributed by atoms with Gasteiger partial charge in [0.2, 0.25) is 6.54 Å². The maximum absolute atomic E-state index is 6.81. The lowest BCUT2D eigenvalue weighted by Gasteiger charge is -2.22. The van der Waals surface area contributed by atoms with E-state index in [1.165, 1.54) is 12.8 Å². The first-order chi connectivity index (χ1) is 5.87. The summed E-state index contributed by atoms with van der Waals surface area (Å²) in [6.07, 6.45) is 2.51. The van der Waals surface area contributed by atoms with E-state index >= 15 is 0 Å². The summed E-state index contributed by atoms with van der Waals surface area (Å²) in [6.45, 7) is 18.8. The molecule has 0 saturated carbocycles. The second kappa shape index (κ2) is 5.27. The minimum absolute atomic E-state index is 0.437. The molecule has 0 bridgehead atoms. The smallest absolute Gasteiger partial charge is 0.217 e. The van der Waals surface area contributed by atoms with E-state index in [1.807, 2.05) is 0 Å². The Hall–Kier alpha value is -0.510. The Labute approximate surface area is 83.4 Å². The van der Waals surface area contributed by atoms with Gasteiger partial charge in [0, 0.05) is 5.92 Å². The Balaban J connectivity index is 3.75. The lowest BCUT2D eigenvalue weighted by atomic mass is 9.83. The van der Waals surface area contributed by atoms with Crippen LogP contribution in [0.15, 0.2) is 0 Å². The third-order valence-electron chi connectivity index (χ3n) is 2.70. The largest absolute Gasteiger partial charge is 0.317 e. The van der Waals surface area contributed by atoms with Gasteiger partial charge in [-0.15, -0.1) is 0 Å². The third kappa shape index (κ3) is 6.63. The number of rotatable bonds is 4. The van der Waals surface area contributed by atoms with Crippen LogP contribution >= 0.6 is 0 Å². The lowest BCUT2D eigenvalue weighted by Crippen LogP contribution is -2.14. The fourth-order valence-corrected chi connectivity index (χ4v) is 1.27. The highest BCUT2D eigenvalue weighted by Gasteiger charge is 2.18. The number of hydrogen-bond acceptors (Lipinski definition) is 0. The van der Waals surface area contributed by atoms with Crippen molar-refractivity contribution in [2.75, 3.05) is 6.54 Å². The molecular formula is C12H23N. The van der Waals surface area contributed by atoms with Gasteiger partial charge in [0.05, 0.1) is 0 Å². The van der Waals surface area contributed by atoms with E-state index in [9.17, 15) is 0 Å². The van der Waals surface area contributed by atoms with Gasteiger partial charge in [-0.05, 0) is 24.2 Å². The van der Waals surface area contributed by atoms with Crippen molar-refractivity contribution in [1.82, 2.24) is 0 Å². The molecule has 0 heterocycles. The van der Waals surface area contributed by atoms with Crippen LogP contribution in [0.3, 0.4) is 0 Å². The molecule has 0 rings (SSSR count). The molecule has 2 atom stereocenters. The van der Waals surface area contributed by atoms with E-state index in [0.29, 0.717) is 23.8 Å². The molecule has 0 aromatic carbocycles. The first-order valence-corrected chi connectivity index (χ1v) is 5.20. The highest BCUT2D eigenvalue weighted by atomic mass is 14.6. The van der Waals surface area contributed by atoms with Crippen LogP contribution in [0, 0.1) is 23.8 Å². The van der Waals surface area contributed by atoms with Gasteiger partial charge in [-0.3, -0.25) is 0 Å². The molecule has 1 heteroatoms. The average molecular weight is 181 g/mol. The van der Waals surface area contributed by atoms with E-state index in [-0.39, 0.29) is 0 Å². The first-order valence-electron chi connectivity index (χ1n) is 5.20. The Kier molecular flexibility index (Phi) is 5.06. The SMILES string of the molecule is [C-]#[N+]C[C@H](C)C(C)CCC(C)(C)C. The van der Waals surface area contributed by atoms with Crippen molar-refractivity contribution < 1.29 is 0 Å². The van der Waals surface area contributed by atoms with Crippen molar-refractivity contribution in [3.8, 4) is 0 Å². The fraction of sp³-hybridized carbons (Fsp3) is 0.917. The van der Waals surface area contributed by atoms with Crippen molar-refractivity contribution in [3.05, 3.63) is 11.4 Å². The van der Waals surface area contributed by atoms with Gasteiger partial charge in [0.1, 0.15) is 0 Å². The zero-order valence-electron chi connectivity index (χ0n) is 9.72. The molecule has 1 unspecified atom stereocenters. The molecule has 0 amide bonds. The van der Waals surface area contributed by atoms with E-state index in [2.05, 4.69) is 39.5 Å². The van der Waals surface area contributed by atoms with Crippen LogP contribution in [-0.2, 0) is 0 Å². The van der Waals surface area contributed by atoms with Gasteiger partial charge in [-0.25, -0.2) is 6.57 Å². The topological polar surface area (TPSA) is 4.36 Å². The third-order valence-corrected chi connectivity index (χ3v) is 2.70. The van der Waals surface area contributed by atoms with E-state index in [0.717, 1.165) is 0 Å². The maximum Gasteiger partial charge on any atom is 0.217 e. The Bertz CT molecular complexity index is 171. The summed E-state index contributed by atoms with van der Waals surface area (Å²) in [4.78, 5) is 3.45. The molecule has 0 aromatic rings. The van der Waals surface area contributed by atoms with Crippen LogP contribution in [0.1, 0.15) is 47.5 Å². The van der Waals surface area contributed by atoms with Crippen molar-refractivity contribution in [2.24, 2.45) is 17.3 Å². The first kappa shape index (κ1) is 12.5. The molecule has 1 nitrogen and oxygen atoms in total. The molecule has 0 aliphatic carbocycles. The van der Waals surface area contributed by atoms with Crippen molar-refractivity contribution in [2.45, 2.75) is 47.5 Å². The van der Waals surface area contributed by atoms with Crippen LogP contribution in [-0.4, -0.2) is 6.54 Å². The average Bonchev–Trinajstić information content (AvgIpc) is 1.99.